The summed E-state index contributed by atoms with van der Waals surface area (Å²) in [5, 5.41) is 5.43. The summed E-state index contributed by atoms with van der Waals surface area (Å²) in [6.07, 6.45) is 5.56. The van der Waals surface area contributed by atoms with E-state index in [4.69, 9.17) is 0 Å². The Labute approximate surface area is 143 Å². The van der Waals surface area contributed by atoms with E-state index in [1.165, 1.54) is 17.1 Å². The van der Waals surface area contributed by atoms with Gasteiger partial charge in [0.1, 0.15) is 11.6 Å². The third-order valence-corrected chi connectivity index (χ3v) is 4.60. The Hall–Kier alpha value is -2.83. The van der Waals surface area contributed by atoms with Gasteiger partial charge in [-0.1, -0.05) is 6.07 Å². The van der Waals surface area contributed by atoms with E-state index >= 15 is 0 Å². The van der Waals surface area contributed by atoms with E-state index in [-0.39, 0.29) is 11.9 Å². The average Bonchev–Trinajstić information content (AvgIpc) is 3.03. The van der Waals surface area contributed by atoms with Gasteiger partial charge in [-0.3, -0.25) is 4.98 Å². The molecule has 2 aromatic rings. The first kappa shape index (κ1) is 15.7. The molecule has 7 heteroatoms. The van der Waals surface area contributed by atoms with Gasteiger partial charge in [0.25, 0.3) is 0 Å². The van der Waals surface area contributed by atoms with Gasteiger partial charge < -0.3 is 4.90 Å². The summed E-state index contributed by atoms with van der Waals surface area (Å²) in [6, 6.07) is 6.46. The van der Waals surface area contributed by atoms with Crippen LogP contribution in [-0.2, 0) is 0 Å². The number of carbonyl (C=O) groups is 1. The highest BCUT2D eigenvalue weighted by Gasteiger charge is 2.38. The maximum atomic E-state index is 13.5. The molecule has 4 rings (SSSR count). The first-order valence-corrected chi connectivity index (χ1v) is 8.08. The molecule has 0 radical (unpaired) electrons. The average molecular weight is 342 g/mol. The zero-order valence-corrected chi connectivity index (χ0v) is 13.3. The van der Waals surface area contributed by atoms with Crippen LogP contribution in [0.15, 0.2) is 47.8 Å². The molecule has 3 heterocycles. The second kappa shape index (κ2) is 6.23. The van der Waals surface area contributed by atoms with Crippen molar-refractivity contribution in [3.05, 3.63) is 65.5 Å². The summed E-state index contributed by atoms with van der Waals surface area (Å²) in [5.41, 5.74) is 1.51. The molecule has 1 fully saturated rings. The lowest BCUT2D eigenvalue weighted by molar-refractivity contribution is 0.105. The number of amides is 2. The topological polar surface area (TPSA) is 48.8 Å². The van der Waals surface area contributed by atoms with Crippen molar-refractivity contribution >= 4 is 12.2 Å². The molecule has 1 saturated heterocycles. The Bertz CT molecular complexity index is 801. The predicted molar refractivity (Wildman–Crippen MR) is 88.0 cm³/mol. The molecule has 0 spiro atoms. The van der Waals surface area contributed by atoms with Crippen LogP contribution in [0.5, 0.6) is 0 Å². The van der Waals surface area contributed by atoms with Gasteiger partial charge >= 0.3 is 6.03 Å². The Morgan fingerprint density at radius 1 is 1.12 bits per heavy atom. The van der Waals surface area contributed by atoms with Crippen LogP contribution in [0, 0.1) is 11.6 Å². The second-order valence-corrected chi connectivity index (χ2v) is 6.27. The largest absolute Gasteiger partial charge is 0.341 e. The van der Waals surface area contributed by atoms with Gasteiger partial charge in [-0.05, 0) is 29.3 Å². The van der Waals surface area contributed by atoms with Crippen LogP contribution in [0.2, 0.25) is 0 Å². The van der Waals surface area contributed by atoms with Crippen molar-refractivity contribution in [1.82, 2.24) is 14.9 Å². The van der Waals surface area contributed by atoms with Crippen molar-refractivity contribution in [2.45, 2.75) is 18.4 Å². The van der Waals surface area contributed by atoms with Crippen molar-refractivity contribution in [2.24, 2.45) is 5.10 Å². The molecule has 1 aromatic heterocycles. The van der Waals surface area contributed by atoms with Crippen molar-refractivity contribution in [3.8, 4) is 0 Å². The molecular weight excluding hydrogens is 326 g/mol. The fourth-order valence-corrected chi connectivity index (χ4v) is 3.25. The lowest BCUT2D eigenvalue weighted by Crippen LogP contribution is -2.52. The molecule has 0 bridgehead atoms. The Morgan fingerprint density at radius 2 is 1.88 bits per heavy atom. The smallest absolute Gasteiger partial charge is 0.322 e. The van der Waals surface area contributed by atoms with Crippen LogP contribution in [0.1, 0.15) is 29.5 Å². The number of hydrogen-bond donors (Lipinski definition) is 0. The number of hydrazone groups is 1. The molecule has 1 unspecified atom stereocenters. The third-order valence-electron chi connectivity index (χ3n) is 4.60. The maximum absolute atomic E-state index is 13.5. The molecule has 0 saturated carbocycles. The molecule has 5 nitrogen and oxygen atoms in total. The minimum atomic E-state index is -0.658. The lowest BCUT2D eigenvalue weighted by atomic mass is 9.93. The van der Waals surface area contributed by atoms with Gasteiger partial charge in [0.2, 0.25) is 0 Å². The third kappa shape index (κ3) is 2.97. The summed E-state index contributed by atoms with van der Waals surface area (Å²) < 4.78 is 27.0. The minimum absolute atomic E-state index is 0.247. The minimum Gasteiger partial charge on any atom is -0.322 e. The zero-order valence-electron chi connectivity index (χ0n) is 13.3. The van der Waals surface area contributed by atoms with Crippen LogP contribution in [0.25, 0.3) is 0 Å². The predicted octanol–water partition coefficient (Wildman–Crippen LogP) is 3.31. The second-order valence-electron chi connectivity index (χ2n) is 6.27. The van der Waals surface area contributed by atoms with Crippen LogP contribution >= 0.6 is 0 Å². The fraction of sp³-hybridized carbons (Fsp3) is 0.278. The van der Waals surface area contributed by atoms with Gasteiger partial charge in [0.05, 0.1) is 6.04 Å². The first-order chi connectivity index (χ1) is 12.1. The van der Waals surface area contributed by atoms with E-state index in [9.17, 15) is 13.6 Å². The van der Waals surface area contributed by atoms with E-state index < -0.39 is 17.7 Å². The molecule has 25 heavy (non-hydrogen) atoms. The summed E-state index contributed by atoms with van der Waals surface area (Å²) in [7, 11) is 0. The SMILES string of the molecule is O=C(N1CC(c2cccnc2)C1)N1N=CCC1c1cc(F)cc(F)c1. The van der Waals surface area contributed by atoms with E-state index in [1.54, 1.807) is 23.5 Å². The van der Waals surface area contributed by atoms with Gasteiger partial charge in [-0.15, -0.1) is 0 Å². The van der Waals surface area contributed by atoms with E-state index in [0.717, 1.165) is 11.6 Å². The van der Waals surface area contributed by atoms with Gasteiger partial charge in [0, 0.05) is 50.1 Å². The highest BCUT2D eigenvalue weighted by molar-refractivity contribution is 5.79. The highest BCUT2D eigenvalue weighted by atomic mass is 19.1. The summed E-state index contributed by atoms with van der Waals surface area (Å²) in [4.78, 5) is 18.5. The van der Waals surface area contributed by atoms with E-state index in [2.05, 4.69) is 10.1 Å². The number of benzene rings is 1. The van der Waals surface area contributed by atoms with Crippen LogP contribution in [-0.4, -0.2) is 40.2 Å². The van der Waals surface area contributed by atoms with Gasteiger partial charge in [-0.25, -0.2) is 18.6 Å². The zero-order chi connectivity index (χ0) is 17.4. The van der Waals surface area contributed by atoms with Gasteiger partial charge in [-0.2, -0.15) is 5.10 Å². The number of carbonyl (C=O) groups excluding carboxylic acids is 1. The number of rotatable bonds is 2. The quantitative estimate of drug-likeness (QED) is 0.841. The molecule has 1 aromatic carbocycles. The van der Waals surface area contributed by atoms with Crippen LogP contribution in [0.4, 0.5) is 13.6 Å². The molecule has 2 aliphatic rings. The summed E-state index contributed by atoms with van der Waals surface area (Å²) >= 11 is 0. The molecule has 0 N–H and O–H groups in total. The molecule has 128 valence electrons. The number of likely N-dealkylation sites (tertiary alicyclic amines) is 1. The van der Waals surface area contributed by atoms with Crippen molar-refractivity contribution in [3.63, 3.8) is 0 Å². The van der Waals surface area contributed by atoms with Crippen molar-refractivity contribution in [2.75, 3.05) is 13.1 Å². The number of pyridine rings is 1. The lowest BCUT2D eigenvalue weighted by Gasteiger charge is -2.41. The number of halogens is 2. The van der Waals surface area contributed by atoms with Crippen molar-refractivity contribution < 1.29 is 13.6 Å². The summed E-state index contributed by atoms with van der Waals surface area (Å²) in [5.74, 6) is -1.06. The molecule has 2 aliphatic heterocycles. The summed E-state index contributed by atoms with van der Waals surface area (Å²) in [6.45, 7) is 1.17. The fourth-order valence-electron chi connectivity index (χ4n) is 3.25. The van der Waals surface area contributed by atoms with Crippen LogP contribution < -0.4 is 0 Å². The highest BCUT2D eigenvalue weighted by Crippen LogP contribution is 2.33. The first-order valence-electron chi connectivity index (χ1n) is 8.08. The standard InChI is InChI=1S/C18H16F2N4O/c19-15-6-13(7-16(20)8-15)17-3-5-22-24(17)18(25)23-10-14(11-23)12-2-1-4-21-9-12/h1-2,4-9,14,17H,3,10-11H2. The van der Waals surface area contributed by atoms with Gasteiger partial charge in [0.15, 0.2) is 0 Å². The Morgan fingerprint density at radius 3 is 2.56 bits per heavy atom. The molecular formula is C18H16F2N4O. The normalized spacial score (nSPS) is 20.0. The number of urea groups is 1. The van der Waals surface area contributed by atoms with E-state index in [1.807, 2.05) is 12.1 Å². The Balaban J connectivity index is 1.46. The number of aromatic nitrogens is 1. The Kier molecular flexibility index (Phi) is 3.91. The van der Waals surface area contributed by atoms with Crippen molar-refractivity contribution in [1.29, 1.82) is 0 Å². The van der Waals surface area contributed by atoms with E-state index in [0.29, 0.717) is 25.1 Å². The van der Waals surface area contributed by atoms with Crippen LogP contribution in [0.3, 0.4) is 0 Å². The monoisotopic (exact) mass is 342 g/mol. The number of hydrogen-bond acceptors (Lipinski definition) is 3. The molecule has 1 atom stereocenters. The number of nitrogens with zero attached hydrogens (tertiary/aromatic N) is 4. The maximum Gasteiger partial charge on any atom is 0.341 e. The molecule has 0 aliphatic carbocycles. The molecule has 2 amide bonds.